The molecule has 6 amide bonds. The van der Waals surface area contributed by atoms with Gasteiger partial charge in [-0.2, -0.15) is 0 Å². The van der Waals surface area contributed by atoms with E-state index in [-0.39, 0.29) is 30.4 Å². The van der Waals surface area contributed by atoms with E-state index in [0.29, 0.717) is 31.6 Å². The fraction of sp³-hybridized carbons (Fsp3) is 0.486. The van der Waals surface area contributed by atoms with Crippen LogP contribution in [0.2, 0.25) is 0 Å². The summed E-state index contributed by atoms with van der Waals surface area (Å²) in [7, 11) is 0. The molecule has 0 bridgehead atoms. The molecule has 270 valence electrons. The number of amides is 6. The van der Waals surface area contributed by atoms with Crippen LogP contribution >= 0.6 is 0 Å². The number of ether oxygens (including phenoxy) is 2. The predicted molar refractivity (Wildman–Crippen MR) is 179 cm³/mol. The summed E-state index contributed by atoms with van der Waals surface area (Å²) in [5.74, 6) is -5.21. The number of carbonyl (C=O) groups excluding carboxylic acids is 6. The van der Waals surface area contributed by atoms with Crippen LogP contribution in [0.25, 0.3) is 0 Å². The van der Waals surface area contributed by atoms with Crippen LogP contribution in [-0.2, 0) is 34.1 Å². The van der Waals surface area contributed by atoms with Gasteiger partial charge in [0.25, 0.3) is 5.91 Å². The molecule has 2 aliphatic heterocycles. The molecule has 1 fully saturated rings. The first-order chi connectivity index (χ1) is 23.8. The van der Waals surface area contributed by atoms with Crippen LogP contribution in [0.3, 0.4) is 0 Å². The van der Waals surface area contributed by atoms with Crippen molar-refractivity contribution in [1.29, 1.82) is 0 Å². The van der Waals surface area contributed by atoms with Gasteiger partial charge in [0.05, 0.1) is 24.4 Å². The van der Waals surface area contributed by atoms with Crippen molar-refractivity contribution >= 4 is 35.4 Å². The molecule has 50 heavy (non-hydrogen) atoms. The number of carbonyl (C=O) groups is 6. The van der Waals surface area contributed by atoms with Gasteiger partial charge >= 0.3 is 0 Å². The molecule has 2 aromatic rings. The Morgan fingerprint density at radius 1 is 0.980 bits per heavy atom. The van der Waals surface area contributed by atoms with Gasteiger partial charge in [-0.05, 0) is 55.5 Å². The van der Waals surface area contributed by atoms with Crippen molar-refractivity contribution in [3.63, 3.8) is 0 Å². The van der Waals surface area contributed by atoms with E-state index >= 15 is 0 Å². The SMILES string of the molecule is CC(C)[C@H]1NC(=O)[C@H](CC(N)=O)NC(=O)C[C@@H](C(=O)NCC2(c3cccc(F)c3)CCOCC2)NC(=O)c2ccccc2OC[C@H](C)NC1=O. The maximum atomic E-state index is 14.3. The van der Waals surface area contributed by atoms with Crippen molar-refractivity contribution < 1.29 is 42.6 Å². The highest BCUT2D eigenvalue weighted by Gasteiger charge is 2.37. The van der Waals surface area contributed by atoms with E-state index in [1.807, 2.05) is 0 Å². The van der Waals surface area contributed by atoms with Gasteiger partial charge in [0.2, 0.25) is 29.5 Å². The number of nitrogens with two attached hydrogens (primary N) is 1. The normalized spacial score (nSPS) is 23.5. The molecule has 0 unspecified atom stereocenters. The number of nitrogens with one attached hydrogen (secondary N) is 5. The van der Waals surface area contributed by atoms with Crippen molar-refractivity contribution in [2.24, 2.45) is 11.7 Å². The van der Waals surface area contributed by atoms with E-state index in [9.17, 15) is 33.2 Å². The third kappa shape index (κ3) is 10.00. The second kappa shape index (κ2) is 17.1. The number of primary amides is 1. The van der Waals surface area contributed by atoms with Gasteiger partial charge in [0.15, 0.2) is 0 Å². The lowest BCUT2D eigenvalue weighted by Gasteiger charge is -2.38. The molecule has 0 spiro atoms. The van der Waals surface area contributed by atoms with Gasteiger partial charge < -0.3 is 41.8 Å². The standard InChI is InChI=1S/C35H45FN6O8/c1-20(2)30-34(48)39-21(3)18-50-27-10-5-4-9-24(27)31(45)41-26(17-29(44)40-25(16-28(37)43)33(47)42-30)32(46)38-19-35(11-13-49-14-12-35)22-7-6-8-23(36)15-22/h4-10,15,20-21,25-26,30H,11-14,16-19H2,1-3H3,(H2,37,43)(H,38,46)(H,39,48)(H,40,44)(H,41,45)(H,42,47)/t21-,25-,26-,30+/m0/s1. The fourth-order valence-electron chi connectivity index (χ4n) is 5.98. The molecule has 14 nitrogen and oxygen atoms in total. The molecule has 0 aromatic heterocycles. The summed E-state index contributed by atoms with van der Waals surface area (Å²) >= 11 is 0. The average molecular weight is 697 g/mol. The molecule has 1 saturated heterocycles. The summed E-state index contributed by atoms with van der Waals surface area (Å²) in [6.45, 7) is 5.87. The van der Waals surface area contributed by atoms with Crippen molar-refractivity contribution in [2.75, 3.05) is 26.4 Å². The number of hydrogen-bond acceptors (Lipinski definition) is 8. The molecule has 0 aliphatic carbocycles. The number of benzene rings is 2. The number of para-hydroxylation sites is 1. The molecule has 0 radical (unpaired) electrons. The summed E-state index contributed by atoms with van der Waals surface area (Å²) in [5, 5.41) is 13.3. The Hall–Kier alpha value is -5.05. The topological polar surface area (TPSA) is 207 Å². The monoisotopic (exact) mass is 696 g/mol. The van der Waals surface area contributed by atoms with Crippen molar-refractivity contribution in [1.82, 2.24) is 26.6 Å². The maximum Gasteiger partial charge on any atom is 0.255 e. The quantitative estimate of drug-likeness (QED) is 0.241. The highest BCUT2D eigenvalue weighted by molar-refractivity contribution is 6.01. The van der Waals surface area contributed by atoms with E-state index < -0.39 is 83.7 Å². The number of fused-ring (bicyclic) bond motifs is 1. The number of halogens is 1. The van der Waals surface area contributed by atoms with Gasteiger partial charge in [-0.25, -0.2) is 4.39 Å². The zero-order chi connectivity index (χ0) is 36.4. The summed E-state index contributed by atoms with van der Waals surface area (Å²) in [5.41, 5.74) is 5.45. The Balaban J connectivity index is 1.66. The Kier molecular flexibility index (Phi) is 12.9. The second-order valence-corrected chi connectivity index (χ2v) is 13.1. The minimum Gasteiger partial charge on any atom is -0.491 e. The van der Waals surface area contributed by atoms with Crippen LogP contribution in [0.1, 0.15) is 62.4 Å². The Morgan fingerprint density at radius 2 is 1.70 bits per heavy atom. The van der Waals surface area contributed by atoms with Crippen LogP contribution in [0.15, 0.2) is 48.5 Å². The van der Waals surface area contributed by atoms with Crippen molar-refractivity contribution in [2.45, 2.75) is 76.0 Å². The van der Waals surface area contributed by atoms with Gasteiger partial charge in [-0.1, -0.05) is 38.1 Å². The van der Waals surface area contributed by atoms with E-state index in [1.54, 1.807) is 51.1 Å². The van der Waals surface area contributed by atoms with Crippen molar-refractivity contribution in [3.8, 4) is 5.75 Å². The first-order valence-corrected chi connectivity index (χ1v) is 16.6. The first-order valence-electron chi connectivity index (χ1n) is 16.6. The largest absolute Gasteiger partial charge is 0.491 e. The van der Waals surface area contributed by atoms with E-state index in [1.165, 1.54) is 18.2 Å². The minimum atomic E-state index is -1.48. The molecule has 7 N–H and O–H groups in total. The summed E-state index contributed by atoms with van der Waals surface area (Å²) in [6, 6.07) is 7.85. The molecule has 4 rings (SSSR count). The van der Waals surface area contributed by atoms with E-state index in [0.717, 1.165) is 0 Å². The van der Waals surface area contributed by atoms with E-state index in [4.69, 9.17) is 15.2 Å². The number of rotatable bonds is 7. The van der Waals surface area contributed by atoms with Gasteiger partial charge in [0.1, 0.15) is 36.3 Å². The molecule has 2 heterocycles. The lowest BCUT2D eigenvalue weighted by molar-refractivity contribution is -0.135. The molecule has 2 aliphatic rings. The second-order valence-electron chi connectivity index (χ2n) is 13.1. The molecular weight excluding hydrogens is 651 g/mol. The van der Waals surface area contributed by atoms with E-state index in [2.05, 4.69) is 26.6 Å². The zero-order valence-electron chi connectivity index (χ0n) is 28.4. The lowest BCUT2D eigenvalue weighted by atomic mass is 9.74. The highest BCUT2D eigenvalue weighted by atomic mass is 19.1. The smallest absolute Gasteiger partial charge is 0.255 e. The fourth-order valence-corrected chi connectivity index (χ4v) is 5.98. The van der Waals surface area contributed by atoms with Gasteiger partial charge in [-0.15, -0.1) is 0 Å². The predicted octanol–water partition coefficient (Wildman–Crippen LogP) is 0.577. The molecule has 2 aromatic carbocycles. The Labute approximate surface area is 289 Å². The Morgan fingerprint density at radius 3 is 2.38 bits per heavy atom. The molecule has 4 atom stereocenters. The van der Waals surface area contributed by atoms with Gasteiger partial charge in [0, 0.05) is 25.2 Å². The molecular formula is C35H45FN6O8. The zero-order valence-corrected chi connectivity index (χ0v) is 28.4. The van der Waals surface area contributed by atoms with Crippen LogP contribution < -0.4 is 37.1 Å². The minimum absolute atomic E-state index is 0.0467. The van der Waals surface area contributed by atoms with Crippen molar-refractivity contribution in [3.05, 3.63) is 65.5 Å². The van der Waals surface area contributed by atoms with Crippen LogP contribution in [-0.4, -0.2) is 86.0 Å². The molecule has 15 heteroatoms. The summed E-state index contributed by atoms with van der Waals surface area (Å²) < 4.78 is 25.7. The summed E-state index contributed by atoms with van der Waals surface area (Å²) in [6.07, 6.45) is -0.264. The summed E-state index contributed by atoms with van der Waals surface area (Å²) in [4.78, 5) is 79.4. The maximum absolute atomic E-state index is 14.3. The van der Waals surface area contributed by atoms with Crippen LogP contribution in [0.5, 0.6) is 5.75 Å². The lowest BCUT2D eigenvalue weighted by Crippen LogP contribution is -2.58. The van der Waals surface area contributed by atoms with Gasteiger partial charge in [-0.3, -0.25) is 28.8 Å². The molecule has 0 saturated carbocycles. The third-order valence-corrected chi connectivity index (χ3v) is 8.81. The first kappa shape index (κ1) is 37.8. The Bertz CT molecular complexity index is 1580. The van der Waals surface area contributed by atoms with Crippen LogP contribution in [0, 0.1) is 11.7 Å². The van der Waals surface area contributed by atoms with Crippen LogP contribution in [0.4, 0.5) is 4.39 Å². The average Bonchev–Trinajstić information content (AvgIpc) is 3.07. The third-order valence-electron chi connectivity index (χ3n) is 8.81. The highest BCUT2D eigenvalue weighted by Crippen LogP contribution is 2.34. The number of hydrogen-bond donors (Lipinski definition) is 6.